The topological polar surface area (TPSA) is 38.8 Å². The fourth-order valence-electron chi connectivity index (χ4n) is 3.67. The van der Waals surface area contributed by atoms with Crippen LogP contribution in [0.5, 0.6) is 11.5 Å². The zero-order chi connectivity index (χ0) is 21.5. The second-order valence-corrected chi connectivity index (χ2v) is 7.46. The monoisotopic (exact) mass is 403 g/mol. The molecule has 0 spiro atoms. The van der Waals surface area contributed by atoms with Gasteiger partial charge in [-0.2, -0.15) is 0 Å². The Balaban J connectivity index is 1.80. The molecule has 1 amide bonds. The molecule has 0 radical (unpaired) electrons. The zero-order valence-corrected chi connectivity index (χ0v) is 18.1. The Morgan fingerprint density at radius 1 is 0.867 bits per heavy atom. The molecule has 3 rings (SSSR count). The average Bonchev–Trinajstić information content (AvgIpc) is 2.79. The summed E-state index contributed by atoms with van der Waals surface area (Å²) in [5.41, 5.74) is 4.40. The van der Waals surface area contributed by atoms with Crippen molar-refractivity contribution in [1.29, 1.82) is 0 Å². The number of rotatable bonds is 8. The molecule has 0 aliphatic carbocycles. The second kappa shape index (κ2) is 9.97. The summed E-state index contributed by atoms with van der Waals surface area (Å²) in [6.45, 7) is 2.54. The highest BCUT2D eigenvalue weighted by Crippen LogP contribution is 2.32. The Morgan fingerprint density at radius 2 is 1.37 bits per heavy atom. The van der Waals surface area contributed by atoms with Gasteiger partial charge in [0.1, 0.15) is 0 Å². The van der Waals surface area contributed by atoms with E-state index >= 15 is 0 Å². The van der Waals surface area contributed by atoms with Crippen LogP contribution in [-0.2, 0) is 11.3 Å². The van der Waals surface area contributed by atoms with Crippen molar-refractivity contribution in [1.82, 2.24) is 4.90 Å². The molecule has 0 bridgehead atoms. The number of hydrogen-bond acceptors (Lipinski definition) is 3. The first-order chi connectivity index (χ1) is 14.5. The maximum atomic E-state index is 13.2. The van der Waals surface area contributed by atoms with E-state index in [9.17, 15) is 4.79 Å². The summed E-state index contributed by atoms with van der Waals surface area (Å²) in [5.74, 6) is 1.49. The first kappa shape index (κ1) is 21.4. The van der Waals surface area contributed by atoms with Gasteiger partial charge in [-0.3, -0.25) is 4.79 Å². The molecular formula is C26H29NO3. The van der Waals surface area contributed by atoms with Crippen molar-refractivity contribution in [2.45, 2.75) is 25.8 Å². The number of ether oxygens (including phenoxy) is 2. The van der Waals surface area contributed by atoms with Gasteiger partial charge < -0.3 is 14.4 Å². The number of amides is 1. The normalized spacial score (nSPS) is 10.7. The van der Waals surface area contributed by atoms with Gasteiger partial charge in [0.15, 0.2) is 11.5 Å². The number of methoxy groups -OCH3 is 2. The fourth-order valence-corrected chi connectivity index (χ4v) is 3.67. The van der Waals surface area contributed by atoms with Gasteiger partial charge >= 0.3 is 0 Å². The van der Waals surface area contributed by atoms with E-state index in [-0.39, 0.29) is 11.8 Å². The van der Waals surface area contributed by atoms with Crippen molar-refractivity contribution in [3.8, 4) is 11.5 Å². The molecule has 4 nitrogen and oxygen atoms in total. The largest absolute Gasteiger partial charge is 0.493 e. The predicted molar refractivity (Wildman–Crippen MR) is 120 cm³/mol. The van der Waals surface area contributed by atoms with Crippen LogP contribution in [0.2, 0.25) is 0 Å². The average molecular weight is 404 g/mol. The van der Waals surface area contributed by atoms with Crippen LogP contribution in [-0.4, -0.2) is 32.1 Å². The van der Waals surface area contributed by atoms with Crippen LogP contribution < -0.4 is 9.47 Å². The van der Waals surface area contributed by atoms with E-state index < -0.39 is 0 Å². The number of carbonyl (C=O) groups is 1. The Labute approximate surface area is 179 Å². The van der Waals surface area contributed by atoms with E-state index in [4.69, 9.17) is 9.47 Å². The van der Waals surface area contributed by atoms with Crippen LogP contribution in [0.4, 0.5) is 0 Å². The molecular weight excluding hydrogens is 374 g/mol. The Hall–Kier alpha value is -3.27. The van der Waals surface area contributed by atoms with Crippen molar-refractivity contribution in [3.63, 3.8) is 0 Å². The molecule has 0 saturated carbocycles. The molecule has 3 aromatic carbocycles. The van der Waals surface area contributed by atoms with E-state index in [2.05, 4.69) is 24.3 Å². The van der Waals surface area contributed by atoms with Crippen molar-refractivity contribution < 1.29 is 14.3 Å². The third-order valence-electron chi connectivity index (χ3n) is 5.46. The number of nitrogens with zero attached hydrogens (tertiary/aromatic N) is 1. The summed E-state index contributed by atoms with van der Waals surface area (Å²) in [7, 11) is 5.10. The first-order valence-electron chi connectivity index (χ1n) is 10.1. The molecule has 30 heavy (non-hydrogen) atoms. The smallest absolute Gasteiger partial charge is 0.223 e. The van der Waals surface area contributed by atoms with E-state index in [1.165, 1.54) is 0 Å². The highest BCUT2D eigenvalue weighted by Gasteiger charge is 2.21. The lowest BCUT2D eigenvalue weighted by atomic mass is 9.88. The third kappa shape index (κ3) is 5.01. The van der Waals surface area contributed by atoms with Gasteiger partial charge in [0, 0.05) is 25.9 Å². The van der Waals surface area contributed by atoms with E-state index in [0.29, 0.717) is 24.5 Å². The van der Waals surface area contributed by atoms with Gasteiger partial charge in [-0.15, -0.1) is 0 Å². The second-order valence-electron chi connectivity index (χ2n) is 7.46. The first-order valence-corrected chi connectivity index (χ1v) is 10.1. The minimum Gasteiger partial charge on any atom is -0.493 e. The quantitative estimate of drug-likeness (QED) is 0.519. The lowest BCUT2D eigenvalue weighted by Gasteiger charge is -2.23. The lowest BCUT2D eigenvalue weighted by Crippen LogP contribution is -2.28. The standard InChI is InChI=1S/C26H29NO3/c1-19-15-24(29-3)25(30-4)16-22(19)18-27(2)26(28)17-23(20-11-7-5-8-12-20)21-13-9-6-10-14-21/h5-16,23H,17-18H2,1-4H3. The van der Waals surface area contributed by atoms with E-state index in [1.54, 1.807) is 19.1 Å². The van der Waals surface area contributed by atoms with Crippen LogP contribution >= 0.6 is 0 Å². The molecule has 0 heterocycles. The van der Waals surface area contributed by atoms with Gasteiger partial charge in [0.05, 0.1) is 14.2 Å². The van der Waals surface area contributed by atoms with E-state index in [0.717, 1.165) is 22.3 Å². The van der Waals surface area contributed by atoms with Gasteiger partial charge in [0.2, 0.25) is 5.91 Å². The summed E-state index contributed by atoms with van der Waals surface area (Å²) >= 11 is 0. The summed E-state index contributed by atoms with van der Waals surface area (Å²) in [5, 5.41) is 0. The number of aryl methyl sites for hydroxylation is 1. The van der Waals surface area contributed by atoms with E-state index in [1.807, 2.05) is 62.5 Å². The minimum atomic E-state index is 0.0221. The minimum absolute atomic E-state index is 0.0221. The van der Waals surface area contributed by atoms with Crippen molar-refractivity contribution >= 4 is 5.91 Å². The third-order valence-corrected chi connectivity index (χ3v) is 5.46. The molecule has 3 aromatic rings. The summed E-state index contributed by atoms with van der Waals surface area (Å²) in [6, 6.07) is 24.3. The highest BCUT2D eigenvalue weighted by atomic mass is 16.5. The van der Waals surface area contributed by atoms with Crippen molar-refractivity contribution in [3.05, 3.63) is 95.1 Å². The molecule has 156 valence electrons. The number of hydrogen-bond donors (Lipinski definition) is 0. The predicted octanol–water partition coefficient (Wildman–Crippen LogP) is 5.19. The maximum absolute atomic E-state index is 13.2. The molecule has 0 aliphatic heterocycles. The van der Waals surface area contributed by atoms with Crippen LogP contribution in [0.15, 0.2) is 72.8 Å². The maximum Gasteiger partial charge on any atom is 0.223 e. The van der Waals surface area contributed by atoms with Crippen LogP contribution in [0.25, 0.3) is 0 Å². The molecule has 0 saturated heterocycles. The fraction of sp³-hybridized carbons (Fsp3) is 0.269. The number of carbonyl (C=O) groups excluding carboxylic acids is 1. The lowest BCUT2D eigenvalue weighted by molar-refractivity contribution is -0.130. The Kier molecular flexibility index (Phi) is 7.12. The SMILES string of the molecule is COc1cc(C)c(CN(C)C(=O)CC(c2ccccc2)c2ccccc2)cc1OC. The van der Waals surface area contributed by atoms with Crippen LogP contribution in [0.3, 0.4) is 0 Å². The summed E-state index contributed by atoms with van der Waals surface area (Å²) in [4.78, 5) is 14.9. The number of benzene rings is 3. The van der Waals surface area contributed by atoms with Crippen molar-refractivity contribution in [2.24, 2.45) is 0 Å². The van der Waals surface area contributed by atoms with Crippen LogP contribution in [0.1, 0.15) is 34.6 Å². The van der Waals surface area contributed by atoms with Gasteiger partial charge in [0.25, 0.3) is 0 Å². The molecule has 0 unspecified atom stereocenters. The van der Waals surface area contributed by atoms with Gasteiger partial charge in [-0.1, -0.05) is 60.7 Å². The Bertz CT molecular complexity index is 931. The molecule has 0 atom stereocenters. The highest BCUT2D eigenvalue weighted by molar-refractivity contribution is 5.77. The summed E-state index contributed by atoms with van der Waals surface area (Å²) < 4.78 is 10.8. The molecule has 0 aliphatic rings. The van der Waals surface area contributed by atoms with Crippen molar-refractivity contribution in [2.75, 3.05) is 21.3 Å². The molecule has 0 aromatic heterocycles. The van der Waals surface area contributed by atoms with Crippen LogP contribution in [0, 0.1) is 6.92 Å². The molecule has 0 fully saturated rings. The molecule has 4 heteroatoms. The zero-order valence-electron chi connectivity index (χ0n) is 18.1. The Morgan fingerprint density at radius 3 is 1.87 bits per heavy atom. The molecule has 0 N–H and O–H groups in total. The van der Waals surface area contributed by atoms with Gasteiger partial charge in [-0.25, -0.2) is 0 Å². The van der Waals surface area contributed by atoms with Gasteiger partial charge in [-0.05, 0) is 41.3 Å². The summed E-state index contributed by atoms with van der Waals surface area (Å²) in [6.07, 6.45) is 0.414.